The summed E-state index contributed by atoms with van der Waals surface area (Å²) in [6.45, 7) is 4.99. The second kappa shape index (κ2) is 11.8. The Kier molecular flexibility index (Phi) is 8.36. The number of methoxy groups -OCH3 is 2. The number of hydrogen-bond donors (Lipinski definition) is 1. The molecule has 1 aromatic heterocycles. The zero-order valence-corrected chi connectivity index (χ0v) is 20.8. The number of benzene rings is 2. The molecule has 0 radical (unpaired) electrons. The summed E-state index contributed by atoms with van der Waals surface area (Å²) in [4.78, 5) is 19.5. The molecule has 0 saturated carbocycles. The van der Waals surface area contributed by atoms with Gasteiger partial charge in [-0.25, -0.2) is 0 Å². The van der Waals surface area contributed by atoms with Gasteiger partial charge in [-0.15, -0.1) is 0 Å². The molecule has 8 nitrogen and oxygen atoms in total. The molecular weight excluding hydrogens is 444 g/mol. The third kappa shape index (κ3) is 6.39. The number of piperidine rings is 1. The quantitative estimate of drug-likeness (QED) is 0.440. The van der Waals surface area contributed by atoms with E-state index >= 15 is 0 Å². The van der Waals surface area contributed by atoms with E-state index in [4.69, 9.17) is 14.0 Å². The minimum atomic E-state index is 0.0533. The molecule has 35 heavy (non-hydrogen) atoms. The van der Waals surface area contributed by atoms with Crippen LogP contribution in [0.15, 0.2) is 47.0 Å². The van der Waals surface area contributed by atoms with Crippen LogP contribution in [0.25, 0.3) is 11.4 Å². The highest BCUT2D eigenvalue weighted by Crippen LogP contribution is 2.28. The fourth-order valence-electron chi connectivity index (χ4n) is 4.48. The zero-order valence-electron chi connectivity index (χ0n) is 20.8. The summed E-state index contributed by atoms with van der Waals surface area (Å²) < 4.78 is 16.1. The first-order valence-electron chi connectivity index (χ1n) is 12.2. The third-order valence-electron chi connectivity index (χ3n) is 6.56. The summed E-state index contributed by atoms with van der Waals surface area (Å²) in [6.07, 6.45) is 3.41. The molecule has 1 saturated heterocycles. The second-order valence-electron chi connectivity index (χ2n) is 8.96. The molecule has 0 aliphatic carbocycles. The normalized spacial score (nSPS) is 14.6. The van der Waals surface area contributed by atoms with Gasteiger partial charge in [0.25, 0.3) is 0 Å². The van der Waals surface area contributed by atoms with Crippen molar-refractivity contribution in [2.45, 2.75) is 39.2 Å². The molecule has 2 heterocycles. The number of hydrogen-bond acceptors (Lipinski definition) is 7. The van der Waals surface area contributed by atoms with Crippen molar-refractivity contribution in [2.75, 3.05) is 33.9 Å². The lowest BCUT2D eigenvalue weighted by molar-refractivity contribution is -0.126. The van der Waals surface area contributed by atoms with Crippen LogP contribution in [0.2, 0.25) is 0 Å². The van der Waals surface area contributed by atoms with Gasteiger partial charge < -0.3 is 19.3 Å². The zero-order chi connectivity index (χ0) is 24.6. The monoisotopic (exact) mass is 478 g/mol. The Morgan fingerprint density at radius 2 is 1.89 bits per heavy atom. The van der Waals surface area contributed by atoms with Crippen molar-refractivity contribution >= 4 is 5.91 Å². The standard InChI is InChI=1S/C27H34N4O4/c1-19-7-4-5-9-22(19)26-29-25(35-30-26)18-31-15-12-21(13-16-31)27(32)28-14-6-8-20-10-11-23(33-2)24(17-20)34-3/h4-5,7,9-11,17,21H,6,8,12-16,18H2,1-3H3,(H,28,32). The lowest BCUT2D eigenvalue weighted by atomic mass is 9.96. The first-order chi connectivity index (χ1) is 17.1. The summed E-state index contributed by atoms with van der Waals surface area (Å²) in [5, 5.41) is 7.26. The molecule has 1 aliphatic rings. The molecular formula is C27H34N4O4. The van der Waals surface area contributed by atoms with E-state index in [1.165, 1.54) is 0 Å². The van der Waals surface area contributed by atoms with Crippen LogP contribution < -0.4 is 14.8 Å². The van der Waals surface area contributed by atoms with Crippen LogP contribution in [0.4, 0.5) is 0 Å². The Labute approximate surface area is 206 Å². The molecule has 4 rings (SSSR count). The molecule has 186 valence electrons. The second-order valence-corrected chi connectivity index (χ2v) is 8.96. The van der Waals surface area contributed by atoms with Crippen molar-refractivity contribution in [1.29, 1.82) is 0 Å². The van der Waals surface area contributed by atoms with Gasteiger partial charge >= 0.3 is 0 Å². The Balaban J connectivity index is 1.17. The number of likely N-dealkylation sites (tertiary alicyclic amines) is 1. The van der Waals surface area contributed by atoms with Crippen LogP contribution in [0.3, 0.4) is 0 Å². The number of aromatic nitrogens is 2. The number of nitrogens with one attached hydrogen (secondary N) is 1. The van der Waals surface area contributed by atoms with E-state index in [0.29, 0.717) is 24.8 Å². The molecule has 1 aliphatic heterocycles. The maximum absolute atomic E-state index is 12.6. The Bertz CT molecular complexity index is 1120. The van der Waals surface area contributed by atoms with E-state index in [1.807, 2.05) is 49.4 Å². The van der Waals surface area contributed by atoms with E-state index < -0.39 is 0 Å². The van der Waals surface area contributed by atoms with E-state index in [1.54, 1.807) is 14.2 Å². The van der Waals surface area contributed by atoms with Crippen molar-refractivity contribution in [3.05, 3.63) is 59.5 Å². The molecule has 0 unspecified atom stereocenters. The van der Waals surface area contributed by atoms with Gasteiger partial charge in [0.15, 0.2) is 11.5 Å². The fourth-order valence-corrected chi connectivity index (χ4v) is 4.48. The predicted octanol–water partition coefficient (Wildman–Crippen LogP) is 4.02. The lowest BCUT2D eigenvalue weighted by Crippen LogP contribution is -2.40. The number of carbonyl (C=O) groups is 1. The summed E-state index contributed by atoms with van der Waals surface area (Å²) in [5.41, 5.74) is 3.27. The highest BCUT2D eigenvalue weighted by atomic mass is 16.5. The third-order valence-corrected chi connectivity index (χ3v) is 6.56. The fraction of sp³-hybridized carbons (Fsp3) is 0.444. The number of aryl methyl sites for hydroxylation is 2. The Morgan fingerprint density at radius 3 is 2.63 bits per heavy atom. The average molecular weight is 479 g/mol. The maximum Gasteiger partial charge on any atom is 0.241 e. The molecule has 0 atom stereocenters. The van der Waals surface area contributed by atoms with Gasteiger partial charge in [-0.2, -0.15) is 4.98 Å². The van der Waals surface area contributed by atoms with E-state index in [0.717, 1.165) is 67.0 Å². The number of nitrogens with zero attached hydrogens (tertiary/aromatic N) is 3. The predicted molar refractivity (Wildman–Crippen MR) is 133 cm³/mol. The van der Waals surface area contributed by atoms with Crippen molar-refractivity contribution in [1.82, 2.24) is 20.4 Å². The van der Waals surface area contributed by atoms with E-state index in [-0.39, 0.29) is 11.8 Å². The molecule has 0 spiro atoms. The molecule has 1 N–H and O–H groups in total. The number of carbonyl (C=O) groups excluding carboxylic acids is 1. The summed E-state index contributed by atoms with van der Waals surface area (Å²) in [7, 11) is 3.27. The average Bonchev–Trinajstić information content (AvgIpc) is 3.35. The number of ether oxygens (including phenoxy) is 2. The smallest absolute Gasteiger partial charge is 0.241 e. The minimum Gasteiger partial charge on any atom is -0.493 e. The SMILES string of the molecule is COc1ccc(CCCNC(=O)C2CCN(Cc3nc(-c4ccccc4C)no3)CC2)cc1OC. The van der Waals surface area contributed by atoms with E-state index in [9.17, 15) is 4.79 Å². The molecule has 1 fully saturated rings. The highest BCUT2D eigenvalue weighted by Gasteiger charge is 2.26. The maximum atomic E-state index is 12.6. The van der Waals surface area contributed by atoms with Crippen LogP contribution in [0, 0.1) is 12.8 Å². The van der Waals surface area contributed by atoms with Crippen LogP contribution >= 0.6 is 0 Å². The Hall–Kier alpha value is -3.39. The van der Waals surface area contributed by atoms with Gasteiger partial charge in [0.2, 0.25) is 17.6 Å². The van der Waals surface area contributed by atoms with Crippen molar-refractivity contribution in [2.24, 2.45) is 5.92 Å². The van der Waals surface area contributed by atoms with Crippen molar-refractivity contribution < 1.29 is 18.8 Å². The number of rotatable bonds is 10. The Morgan fingerprint density at radius 1 is 1.11 bits per heavy atom. The van der Waals surface area contributed by atoms with Crippen LogP contribution in [0.5, 0.6) is 11.5 Å². The highest BCUT2D eigenvalue weighted by molar-refractivity contribution is 5.78. The molecule has 0 bridgehead atoms. The summed E-state index contributed by atoms with van der Waals surface area (Å²) >= 11 is 0. The van der Waals surface area contributed by atoms with Crippen LogP contribution in [-0.2, 0) is 17.8 Å². The van der Waals surface area contributed by atoms with Gasteiger partial charge in [-0.1, -0.05) is 35.5 Å². The first kappa shape index (κ1) is 24.7. The summed E-state index contributed by atoms with van der Waals surface area (Å²) in [5.74, 6) is 2.89. The van der Waals surface area contributed by atoms with Crippen molar-refractivity contribution in [3.8, 4) is 22.9 Å². The van der Waals surface area contributed by atoms with Crippen LogP contribution in [0.1, 0.15) is 36.3 Å². The van der Waals surface area contributed by atoms with Gasteiger partial charge in [0.1, 0.15) is 0 Å². The van der Waals surface area contributed by atoms with Gasteiger partial charge in [0, 0.05) is 18.0 Å². The minimum absolute atomic E-state index is 0.0533. The van der Waals surface area contributed by atoms with E-state index in [2.05, 4.69) is 20.4 Å². The lowest BCUT2D eigenvalue weighted by Gasteiger charge is -2.30. The van der Waals surface area contributed by atoms with Crippen molar-refractivity contribution in [3.63, 3.8) is 0 Å². The largest absolute Gasteiger partial charge is 0.493 e. The molecule has 3 aromatic rings. The number of amides is 1. The summed E-state index contributed by atoms with van der Waals surface area (Å²) in [6, 6.07) is 14.0. The molecule has 8 heteroatoms. The molecule has 1 amide bonds. The first-order valence-corrected chi connectivity index (χ1v) is 12.2. The van der Waals surface area contributed by atoms with Gasteiger partial charge in [0.05, 0.1) is 20.8 Å². The van der Waals surface area contributed by atoms with Crippen LogP contribution in [-0.4, -0.2) is 54.8 Å². The molecule has 2 aromatic carbocycles. The van der Waals surface area contributed by atoms with Gasteiger partial charge in [-0.05, 0) is 69.0 Å². The van der Waals surface area contributed by atoms with Gasteiger partial charge in [-0.3, -0.25) is 9.69 Å². The topological polar surface area (TPSA) is 89.7 Å².